The molecular formula is C25H28N4O2. The zero-order chi connectivity index (χ0) is 21.8. The lowest BCUT2D eigenvalue weighted by Crippen LogP contribution is -2.39. The number of anilines is 2. The van der Waals surface area contributed by atoms with Gasteiger partial charge in [-0.1, -0.05) is 12.1 Å². The van der Waals surface area contributed by atoms with Gasteiger partial charge in [0.05, 0.1) is 7.11 Å². The van der Waals surface area contributed by atoms with E-state index in [4.69, 9.17) is 9.72 Å². The largest absolute Gasteiger partial charge is 0.497 e. The molecule has 160 valence electrons. The molecule has 6 nitrogen and oxygen atoms in total. The number of likely N-dealkylation sites (tertiary alicyclic amines) is 1. The van der Waals surface area contributed by atoms with Crippen molar-refractivity contribution >= 4 is 17.4 Å². The highest BCUT2D eigenvalue weighted by molar-refractivity contribution is 5.94. The zero-order valence-electron chi connectivity index (χ0n) is 18.3. The third-order valence-electron chi connectivity index (χ3n) is 5.69. The van der Waals surface area contributed by atoms with Crippen molar-refractivity contribution in [3.8, 4) is 5.75 Å². The number of pyridine rings is 2. The Bertz CT molecular complexity index is 1080. The van der Waals surface area contributed by atoms with Crippen LogP contribution in [0, 0.1) is 13.8 Å². The lowest BCUT2D eigenvalue weighted by atomic mass is 9.93. The predicted molar refractivity (Wildman–Crippen MR) is 122 cm³/mol. The molecule has 0 spiro atoms. The first-order valence-corrected chi connectivity index (χ1v) is 10.6. The molecule has 31 heavy (non-hydrogen) atoms. The molecule has 6 heteroatoms. The van der Waals surface area contributed by atoms with Gasteiger partial charge in [-0.15, -0.1) is 0 Å². The molecule has 4 rings (SSSR count). The van der Waals surface area contributed by atoms with Crippen LogP contribution in [0.5, 0.6) is 5.75 Å². The second-order valence-electron chi connectivity index (χ2n) is 8.04. The Morgan fingerprint density at radius 1 is 1.16 bits per heavy atom. The van der Waals surface area contributed by atoms with E-state index in [0.29, 0.717) is 17.9 Å². The maximum Gasteiger partial charge on any atom is 0.254 e. The summed E-state index contributed by atoms with van der Waals surface area (Å²) in [6, 6.07) is 15.4. The van der Waals surface area contributed by atoms with Crippen LogP contribution in [0.2, 0.25) is 0 Å². The summed E-state index contributed by atoms with van der Waals surface area (Å²) in [5.74, 6) is 1.78. The van der Waals surface area contributed by atoms with Gasteiger partial charge >= 0.3 is 0 Å². The van der Waals surface area contributed by atoms with Crippen LogP contribution >= 0.6 is 0 Å². The van der Waals surface area contributed by atoms with E-state index in [1.54, 1.807) is 19.4 Å². The van der Waals surface area contributed by atoms with Crippen LogP contribution in [0.15, 0.2) is 54.7 Å². The quantitative estimate of drug-likeness (QED) is 0.643. The third kappa shape index (κ3) is 4.85. The van der Waals surface area contributed by atoms with Crippen molar-refractivity contribution < 1.29 is 9.53 Å². The van der Waals surface area contributed by atoms with Crippen molar-refractivity contribution in [3.63, 3.8) is 0 Å². The number of ether oxygens (including phenoxy) is 1. The number of methoxy groups -OCH3 is 1. The Kier molecular flexibility index (Phi) is 6.16. The summed E-state index contributed by atoms with van der Waals surface area (Å²) in [5.41, 5.74) is 4.68. The lowest BCUT2D eigenvalue weighted by molar-refractivity contribution is 0.0705. The van der Waals surface area contributed by atoms with Crippen molar-refractivity contribution in [2.75, 3.05) is 25.5 Å². The molecule has 1 atom stereocenters. The zero-order valence-corrected chi connectivity index (χ0v) is 18.3. The van der Waals surface area contributed by atoms with Crippen LogP contribution in [-0.4, -0.2) is 41.0 Å². The van der Waals surface area contributed by atoms with E-state index < -0.39 is 0 Å². The standard InChI is InChI=1S/C25H28N4O2/c1-17-7-5-11-26-24(17)28-21-13-18(2)27-23(15-21)20-9-6-12-29(16-20)25(30)19-8-4-10-22(14-19)31-3/h4-5,7-8,10-11,13-15,20H,6,9,12,16H2,1-3H3,(H,26,27,28)/t20-/m0/s1. The van der Waals surface area contributed by atoms with E-state index >= 15 is 0 Å². The minimum atomic E-state index is 0.0405. The fourth-order valence-corrected chi connectivity index (χ4v) is 4.07. The van der Waals surface area contributed by atoms with E-state index in [0.717, 1.165) is 47.8 Å². The lowest BCUT2D eigenvalue weighted by Gasteiger charge is -2.33. The SMILES string of the molecule is COc1cccc(C(=O)N2CCC[C@H](c3cc(Nc4ncccc4C)cc(C)n3)C2)c1. The Morgan fingerprint density at radius 3 is 2.84 bits per heavy atom. The highest BCUT2D eigenvalue weighted by atomic mass is 16.5. The van der Waals surface area contributed by atoms with E-state index in [-0.39, 0.29) is 11.8 Å². The maximum atomic E-state index is 13.1. The van der Waals surface area contributed by atoms with Crippen LogP contribution < -0.4 is 10.1 Å². The van der Waals surface area contributed by atoms with E-state index in [9.17, 15) is 4.79 Å². The number of aromatic nitrogens is 2. The highest BCUT2D eigenvalue weighted by Gasteiger charge is 2.27. The molecule has 2 aromatic heterocycles. The molecule has 1 N–H and O–H groups in total. The van der Waals surface area contributed by atoms with E-state index in [2.05, 4.69) is 16.4 Å². The van der Waals surface area contributed by atoms with Crippen LogP contribution in [0.1, 0.15) is 46.1 Å². The number of rotatable bonds is 5. The topological polar surface area (TPSA) is 67.3 Å². The van der Waals surface area contributed by atoms with E-state index in [1.165, 1.54) is 0 Å². The molecule has 1 aliphatic rings. The average molecular weight is 417 g/mol. The van der Waals surface area contributed by atoms with Crippen molar-refractivity contribution in [2.24, 2.45) is 0 Å². The molecular weight excluding hydrogens is 388 g/mol. The number of benzene rings is 1. The van der Waals surface area contributed by atoms with Gasteiger partial charge < -0.3 is 15.0 Å². The number of aryl methyl sites for hydroxylation is 2. The smallest absolute Gasteiger partial charge is 0.254 e. The van der Waals surface area contributed by atoms with Gasteiger partial charge in [0.25, 0.3) is 5.91 Å². The fourth-order valence-electron chi connectivity index (χ4n) is 4.07. The molecule has 0 bridgehead atoms. The molecule has 1 aliphatic heterocycles. The minimum absolute atomic E-state index is 0.0405. The first kappa shape index (κ1) is 20.8. The number of hydrogen-bond acceptors (Lipinski definition) is 5. The summed E-state index contributed by atoms with van der Waals surface area (Å²) in [7, 11) is 1.61. The number of nitrogens with zero attached hydrogens (tertiary/aromatic N) is 3. The molecule has 0 unspecified atom stereocenters. The molecule has 3 heterocycles. The normalized spacial score (nSPS) is 16.1. The van der Waals surface area contributed by atoms with Crippen molar-refractivity contribution in [1.82, 2.24) is 14.9 Å². The third-order valence-corrected chi connectivity index (χ3v) is 5.69. The van der Waals surface area contributed by atoms with Gasteiger partial charge in [-0.2, -0.15) is 0 Å². The van der Waals surface area contributed by atoms with Gasteiger partial charge in [-0.25, -0.2) is 4.98 Å². The molecule has 3 aromatic rings. The molecule has 1 amide bonds. The summed E-state index contributed by atoms with van der Waals surface area (Å²) in [5, 5.41) is 3.42. The first-order valence-electron chi connectivity index (χ1n) is 10.6. The summed E-state index contributed by atoms with van der Waals surface area (Å²) in [4.78, 5) is 24.3. The highest BCUT2D eigenvalue weighted by Crippen LogP contribution is 2.30. The van der Waals surface area contributed by atoms with Gasteiger partial charge in [0.15, 0.2) is 0 Å². The molecule has 1 saturated heterocycles. The van der Waals surface area contributed by atoms with Crippen LogP contribution in [0.4, 0.5) is 11.5 Å². The van der Waals surface area contributed by atoms with Gasteiger partial charge in [0.1, 0.15) is 11.6 Å². The number of carbonyl (C=O) groups excluding carboxylic acids is 1. The van der Waals surface area contributed by atoms with Crippen molar-refractivity contribution in [3.05, 3.63) is 77.2 Å². The molecule has 1 fully saturated rings. The Hall–Kier alpha value is -3.41. The van der Waals surface area contributed by atoms with E-state index in [1.807, 2.05) is 55.1 Å². The Balaban J connectivity index is 1.53. The summed E-state index contributed by atoms with van der Waals surface area (Å²) < 4.78 is 5.27. The molecule has 1 aromatic carbocycles. The maximum absolute atomic E-state index is 13.1. The molecule has 0 radical (unpaired) electrons. The number of amides is 1. The van der Waals surface area contributed by atoms with Gasteiger partial charge in [-0.05, 0) is 68.7 Å². The van der Waals surface area contributed by atoms with Gasteiger partial charge in [-0.3, -0.25) is 9.78 Å². The van der Waals surface area contributed by atoms with Gasteiger partial charge in [0, 0.05) is 47.8 Å². The van der Waals surface area contributed by atoms with Crippen LogP contribution in [0.25, 0.3) is 0 Å². The van der Waals surface area contributed by atoms with Crippen LogP contribution in [0.3, 0.4) is 0 Å². The Morgan fingerprint density at radius 2 is 2.03 bits per heavy atom. The number of hydrogen-bond donors (Lipinski definition) is 1. The second kappa shape index (κ2) is 9.16. The van der Waals surface area contributed by atoms with Crippen LogP contribution in [-0.2, 0) is 0 Å². The number of carbonyl (C=O) groups is 1. The Labute approximate surface area is 183 Å². The average Bonchev–Trinajstić information content (AvgIpc) is 2.80. The summed E-state index contributed by atoms with van der Waals surface area (Å²) in [6.07, 6.45) is 3.76. The number of nitrogens with one attached hydrogen (secondary N) is 1. The summed E-state index contributed by atoms with van der Waals surface area (Å²) in [6.45, 7) is 5.46. The second-order valence-corrected chi connectivity index (χ2v) is 8.04. The first-order chi connectivity index (χ1) is 15.0. The predicted octanol–water partition coefficient (Wildman–Crippen LogP) is 4.87. The fraction of sp³-hybridized carbons (Fsp3) is 0.320. The molecule has 0 aliphatic carbocycles. The van der Waals surface area contributed by atoms with Crippen molar-refractivity contribution in [1.29, 1.82) is 0 Å². The van der Waals surface area contributed by atoms with Crippen molar-refractivity contribution in [2.45, 2.75) is 32.6 Å². The van der Waals surface area contributed by atoms with Gasteiger partial charge in [0.2, 0.25) is 0 Å². The summed E-state index contributed by atoms with van der Waals surface area (Å²) >= 11 is 0. The monoisotopic (exact) mass is 416 g/mol. The molecule has 0 saturated carbocycles. The minimum Gasteiger partial charge on any atom is -0.497 e. The number of piperidine rings is 1.